The Morgan fingerprint density at radius 2 is 1.93 bits per heavy atom. The van der Waals surface area contributed by atoms with Crippen molar-refractivity contribution in [3.8, 4) is 11.7 Å². The maximum atomic E-state index is 12.3. The number of nitrogens with zero attached hydrogens (tertiary/aromatic N) is 5. The molecular weight excluding hydrogens is 387 g/mol. The predicted octanol–water partition coefficient (Wildman–Crippen LogP) is 1.79. The summed E-state index contributed by atoms with van der Waals surface area (Å²) in [7, 11) is -3.92. The van der Waals surface area contributed by atoms with Crippen LogP contribution in [0.5, 0.6) is 5.88 Å². The smallest absolute Gasteiger partial charge is 0.390 e. The number of halogens is 3. The van der Waals surface area contributed by atoms with Crippen LogP contribution in [0.4, 0.5) is 13.2 Å². The van der Waals surface area contributed by atoms with E-state index in [1.165, 1.54) is 0 Å². The third-order valence-electron chi connectivity index (χ3n) is 4.09. The molecule has 1 aliphatic heterocycles. The number of piperidine rings is 1. The predicted molar refractivity (Wildman–Crippen MR) is 88.8 cm³/mol. The summed E-state index contributed by atoms with van der Waals surface area (Å²) in [5.74, 6) is -0.107. The topological polar surface area (TPSA) is 90.2 Å². The third-order valence-corrected chi connectivity index (χ3v) is 5.96. The average Bonchev–Trinajstić information content (AvgIpc) is 3.15. The molecule has 0 atom stereocenters. The minimum absolute atomic E-state index is 0.115. The van der Waals surface area contributed by atoms with Gasteiger partial charge in [0.1, 0.15) is 6.10 Å². The molecule has 12 heteroatoms. The summed E-state index contributed by atoms with van der Waals surface area (Å²) in [6, 6.07) is 5.07. The number of alkyl halides is 3. The molecule has 0 saturated carbocycles. The van der Waals surface area contributed by atoms with Gasteiger partial charge in [-0.25, -0.2) is 17.4 Å². The lowest BCUT2D eigenvalue weighted by Crippen LogP contribution is -2.43. The second-order valence-corrected chi connectivity index (χ2v) is 8.17. The van der Waals surface area contributed by atoms with Gasteiger partial charge in [0.2, 0.25) is 15.9 Å². The molecule has 148 valence electrons. The number of rotatable bonds is 6. The normalized spacial score (nSPS) is 17.1. The second-order valence-electron chi connectivity index (χ2n) is 6.08. The van der Waals surface area contributed by atoms with E-state index in [2.05, 4.69) is 15.3 Å². The van der Waals surface area contributed by atoms with E-state index in [9.17, 15) is 21.6 Å². The molecule has 8 nitrogen and oxygen atoms in total. The molecule has 0 radical (unpaired) electrons. The minimum Gasteiger partial charge on any atom is -0.473 e. The number of aromatic nitrogens is 4. The fraction of sp³-hybridized carbons (Fsp3) is 0.533. The largest absolute Gasteiger partial charge is 0.473 e. The van der Waals surface area contributed by atoms with Crippen LogP contribution in [0.15, 0.2) is 30.6 Å². The first-order valence-electron chi connectivity index (χ1n) is 8.28. The van der Waals surface area contributed by atoms with Crippen LogP contribution >= 0.6 is 0 Å². The van der Waals surface area contributed by atoms with Crippen LogP contribution in [0, 0.1) is 0 Å². The van der Waals surface area contributed by atoms with Crippen LogP contribution in [0.25, 0.3) is 5.82 Å². The minimum atomic E-state index is -4.49. The highest BCUT2D eigenvalue weighted by Crippen LogP contribution is 2.24. The summed E-state index contributed by atoms with van der Waals surface area (Å²) in [5.41, 5.74) is 0. The molecule has 27 heavy (non-hydrogen) atoms. The highest BCUT2D eigenvalue weighted by atomic mass is 32.2. The molecule has 0 amide bonds. The van der Waals surface area contributed by atoms with E-state index < -0.39 is 28.4 Å². The van der Waals surface area contributed by atoms with Gasteiger partial charge in [-0.2, -0.15) is 18.3 Å². The zero-order valence-electron chi connectivity index (χ0n) is 14.2. The number of hydrogen-bond acceptors (Lipinski definition) is 6. The molecule has 3 rings (SSSR count). The summed E-state index contributed by atoms with van der Waals surface area (Å²) in [6.45, 7) is 0.229. The maximum absolute atomic E-state index is 12.3. The van der Waals surface area contributed by atoms with Crippen molar-refractivity contribution >= 4 is 10.0 Å². The zero-order chi connectivity index (χ0) is 19.5. The quantitative estimate of drug-likeness (QED) is 0.728. The SMILES string of the molecule is O=S(=O)(CCC(F)(F)F)N1CCC(Oc2ccc(-n3cccn3)nn2)CC1. The molecule has 0 N–H and O–H groups in total. The van der Waals surface area contributed by atoms with Crippen molar-refractivity contribution in [2.75, 3.05) is 18.8 Å². The Bertz CT molecular complexity index is 833. The number of sulfonamides is 1. The fourth-order valence-corrected chi connectivity index (χ4v) is 4.19. The van der Waals surface area contributed by atoms with Gasteiger partial charge in [-0.1, -0.05) is 0 Å². The molecule has 0 aromatic carbocycles. The Morgan fingerprint density at radius 3 is 2.48 bits per heavy atom. The summed E-state index contributed by atoms with van der Waals surface area (Å²) in [6.07, 6.45) is -2.03. The Balaban J connectivity index is 1.51. The highest BCUT2D eigenvalue weighted by Gasteiger charge is 2.34. The van der Waals surface area contributed by atoms with Gasteiger partial charge in [0.25, 0.3) is 0 Å². The van der Waals surface area contributed by atoms with Crippen LogP contribution < -0.4 is 4.74 Å². The lowest BCUT2D eigenvalue weighted by molar-refractivity contribution is -0.130. The van der Waals surface area contributed by atoms with Crippen LogP contribution in [0.3, 0.4) is 0 Å². The lowest BCUT2D eigenvalue weighted by Gasteiger charge is -2.31. The van der Waals surface area contributed by atoms with Gasteiger partial charge in [0.05, 0.1) is 12.2 Å². The van der Waals surface area contributed by atoms with Gasteiger partial charge in [0.15, 0.2) is 5.82 Å². The zero-order valence-corrected chi connectivity index (χ0v) is 15.0. The van der Waals surface area contributed by atoms with Crippen molar-refractivity contribution in [1.82, 2.24) is 24.3 Å². The van der Waals surface area contributed by atoms with Gasteiger partial charge in [0, 0.05) is 31.5 Å². The van der Waals surface area contributed by atoms with Gasteiger partial charge in [-0.3, -0.25) is 0 Å². The van der Waals surface area contributed by atoms with Gasteiger partial charge < -0.3 is 4.74 Å². The molecule has 0 bridgehead atoms. The number of hydrogen-bond donors (Lipinski definition) is 0. The summed E-state index contributed by atoms with van der Waals surface area (Å²) in [4.78, 5) is 0. The van der Waals surface area contributed by atoms with Crippen LogP contribution in [0.1, 0.15) is 19.3 Å². The van der Waals surface area contributed by atoms with Crippen molar-refractivity contribution in [3.63, 3.8) is 0 Å². The van der Waals surface area contributed by atoms with E-state index in [0.717, 1.165) is 4.31 Å². The lowest BCUT2D eigenvalue weighted by atomic mass is 10.1. The monoisotopic (exact) mass is 405 g/mol. The van der Waals surface area contributed by atoms with Gasteiger partial charge in [-0.05, 0) is 25.0 Å². The van der Waals surface area contributed by atoms with E-state index in [-0.39, 0.29) is 19.2 Å². The van der Waals surface area contributed by atoms with Crippen molar-refractivity contribution < 1.29 is 26.3 Å². The molecule has 0 unspecified atom stereocenters. The van der Waals surface area contributed by atoms with E-state index in [4.69, 9.17) is 4.74 Å². The van der Waals surface area contributed by atoms with E-state index in [1.807, 2.05) is 0 Å². The molecule has 2 aromatic rings. The third kappa shape index (κ3) is 5.39. The average molecular weight is 405 g/mol. The molecule has 3 heterocycles. The summed E-state index contributed by atoms with van der Waals surface area (Å²) >= 11 is 0. The van der Waals surface area contributed by atoms with Crippen LogP contribution in [-0.2, 0) is 10.0 Å². The summed E-state index contributed by atoms with van der Waals surface area (Å²) in [5, 5.41) is 12.0. The Kier molecular flexibility index (Phi) is 5.65. The van der Waals surface area contributed by atoms with Crippen molar-refractivity contribution in [3.05, 3.63) is 30.6 Å². The van der Waals surface area contributed by atoms with Crippen molar-refractivity contribution in [2.24, 2.45) is 0 Å². The molecule has 0 spiro atoms. The molecule has 1 aliphatic rings. The molecule has 0 aliphatic carbocycles. The van der Waals surface area contributed by atoms with E-state index in [0.29, 0.717) is 24.5 Å². The summed E-state index contributed by atoms with van der Waals surface area (Å²) < 4.78 is 69.1. The van der Waals surface area contributed by atoms with Crippen LogP contribution in [0.2, 0.25) is 0 Å². The second kappa shape index (κ2) is 7.80. The first kappa shape index (κ1) is 19.5. The maximum Gasteiger partial charge on any atom is 0.390 e. The number of ether oxygens (including phenoxy) is 1. The van der Waals surface area contributed by atoms with E-state index in [1.54, 1.807) is 35.3 Å². The Labute approximate surface area is 154 Å². The Hall–Kier alpha value is -2.21. The molecule has 1 saturated heterocycles. The van der Waals surface area contributed by atoms with Crippen LogP contribution in [-0.4, -0.2) is 63.8 Å². The fourth-order valence-electron chi connectivity index (χ4n) is 2.68. The first-order chi connectivity index (χ1) is 12.7. The first-order valence-corrected chi connectivity index (χ1v) is 9.89. The van der Waals surface area contributed by atoms with Crippen molar-refractivity contribution in [2.45, 2.75) is 31.5 Å². The molecular formula is C15H18F3N5O3S. The highest BCUT2D eigenvalue weighted by molar-refractivity contribution is 7.89. The molecule has 2 aromatic heterocycles. The van der Waals surface area contributed by atoms with Gasteiger partial charge in [-0.15, -0.1) is 10.2 Å². The van der Waals surface area contributed by atoms with Crippen molar-refractivity contribution in [1.29, 1.82) is 0 Å². The molecule has 1 fully saturated rings. The Morgan fingerprint density at radius 1 is 1.19 bits per heavy atom. The van der Waals surface area contributed by atoms with Gasteiger partial charge >= 0.3 is 6.18 Å². The van der Waals surface area contributed by atoms with E-state index >= 15 is 0 Å². The standard InChI is InChI=1S/C15H18F3N5O3S/c16-15(17,18)6-11-27(24,25)22-9-4-12(5-10-22)26-14-3-2-13(20-21-14)23-8-1-7-19-23/h1-3,7-8,12H,4-6,9-11H2.